The number of alkyl halides is 3. The van der Waals surface area contributed by atoms with E-state index in [0.717, 1.165) is 6.42 Å². The van der Waals surface area contributed by atoms with Crippen LogP contribution in [0, 0.1) is 0 Å². The van der Waals surface area contributed by atoms with E-state index in [2.05, 4.69) is 15.3 Å². The van der Waals surface area contributed by atoms with Gasteiger partial charge in [0.15, 0.2) is 0 Å². The van der Waals surface area contributed by atoms with Crippen LogP contribution in [0.4, 0.5) is 19.1 Å². The number of hydrogen-bond donors (Lipinski definition) is 1. The number of ether oxygens (including phenoxy) is 1. The normalized spacial score (nSPS) is 17.3. The third-order valence-corrected chi connectivity index (χ3v) is 2.73. The first-order chi connectivity index (χ1) is 8.47. The van der Waals surface area contributed by atoms with Crippen LogP contribution in [0.5, 0.6) is 5.88 Å². The lowest BCUT2D eigenvalue weighted by Gasteiger charge is -2.20. The molecule has 1 aliphatic carbocycles. The highest BCUT2D eigenvalue weighted by molar-refractivity contribution is 5.36. The van der Waals surface area contributed by atoms with Crippen molar-refractivity contribution >= 4 is 5.95 Å². The second-order valence-corrected chi connectivity index (χ2v) is 4.27. The Kier molecular flexibility index (Phi) is 3.32. The Balaban J connectivity index is 2.06. The van der Waals surface area contributed by atoms with Crippen LogP contribution in [0.15, 0.2) is 12.3 Å². The lowest BCUT2D eigenvalue weighted by Crippen LogP contribution is -2.39. The molecule has 0 aliphatic heterocycles. The summed E-state index contributed by atoms with van der Waals surface area (Å²) in [5.41, 5.74) is -1.85. The van der Waals surface area contributed by atoms with Gasteiger partial charge in [-0.3, -0.25) is 0 Å². The van der Waals surface area contributed by atoms with E-state index in [0.29, 0.717) is 6.61 Å². The predicted molar refractivity (Wildman–Crippen MR) is 59.5 cm³/mol. The fraction of sp³-hybridized carbons (Fsp3) is 0.636. The zero-order chi connectivity index (χ0) is 13.2. The maximum atomic E-state index is 12.7. The summed E-state index contributed by atoms with van der Waals surface area (Å²) in [5, 5.41) is 2.36. The molecule has 0 bridgehead atoms. The molecule has 0 atom stereocenters. The maximum Gasteiger partial charge on any atom is 0.411 e. The lowest BCUT2D eigenvalue weighted by atomic mass is 10.2. The van der Waals surface area contributed by atoms with Crippen LogP contribution in [-0.2, 0) is 0 Å². The maximum absolute atomic E-state index is 12.7. The number of halogens is 3. The number of anilines is 1. The average molecular weight is 261 g/mol. The quantitative estimate of drug-likeness (QED) is 0.885. The van der Waals surface area contributed by atoms with Crippen LogP contribution in [0.2, 0.25) is 0 Å². The molecule has 1 aromatic heterocycles. The van der Waals surface area contributed by atoms with Gasteiger partial charge in [-0.05, 0) is 19.3 Å². The zero-order valence-electron chi connectivity index (χ0n) is 9.92. The monoisotopic (exact) mass is 261 g/mol. The van der Waals surface area contributed by atoms with Crippen LogP contribution in [-0.4, -0.2) is 28.3 Å². The van der Waals surface area contributed by atoms with E-state index in [1.54, 1.807) is 0 Å². The summed E-state index contributed by atoms with van der Waals surface area (Å²) in [5.74, 6) is 0.241. The van der Waals surface area contributed by atoms with Crippen molar-refractivity contribution in [3.63, 3.8) is 0 Å². The summed E-state index contributed by atoms with van der Waals surface area (Å²) < 4.78 is 43.5. The first kappa shape index (κ1) is 12.9. The molecule has 1 saturated carbocycles. The molecule has 1 N–H and O–H groups in total. The van der Waals surface area contributed by atoms with Crippen molar-refractivity contribution in [2.24, 2.45) is 0 Å². The molecule has 2 rings (SSSR count). The molecule has 7 heteroatoms. The molecule has 100 valence electrons. The third-order valence-electron chi connectivity index (χ3n) is 2.73. The summed E-state index contributed by atoms with van der Waals surface area (Å²) in [6, 6.07) is 1.52. The SMILES string of the molecule is CCCOc1ccnc(NC2(C(F)(F)F)CC2)n1. The molecule has 4 nitrogen and oxygen atoms in total. The Morgan fingerprint density at radius 2 is 2.17 bits per heavy atom. The van der Waals surface area contributed by atoms with Gasteiger partial charge in [0.1, 0.15) is 5.54 Å². The van der Waals surface area contributed by atoms with Gasteiger partial charge in [0.05, 0.1) is 6.61 Å². The van der Waals surface area contributed by atoms with Gasteiger partial charge in [0, 0.05) is 12.3 Å². The van der Waals surface area contributed by atoms with Gasteiger partial charge in [-0.25, -0.2) is 4.98 Å². The topological polar surface area (TPSA) is 47.0 Å². The van der Waals surface area contributed by atoms with Gasteiger partial charge < -0.3 is 10.1 Å². The Hall–Kier alpha value is -1.53. The number of hydrogen-bond acceptors (Lipinski definition) is 4. The molecule has 0 spiro atoms. The van der Waals surface area contributed by atoms with Crippen molar-refractivity contribution in [3.8, 4) is 5.88 Å². The molecule has 1 heterocycles. The van der Waals surface area contributed by atoms with Crippen LogP contribution in [0.3, 0.4) is 0 Å². The van der Waals surface area contributed by atoms with Gasteiger partial charge in [0.25, 0.3) is 0 Å². The predicted octanol–water partition coefficient (Wildman–Crippen LogP) is 2.77. The molecule has 1 aliphatic rings. The number of rotatable bonds is 5. The second kappa shape index (κ2) is 4.62. The summed E-state index contributed by atoms with van der Waals surface area (Å²) in [7, 11) is 0. The molecule has 0 unspecified atom stereocenters. The van der Waals surface area contributed by atoms with Crippen LogP contribution >= 0.6 is 0 Å². The minimum Gasteiger partial charge on any atom is -0.478 e. The van der Waals surface area contributed by atoms with Crippen molar-refractivity contribution in [1.29, 1.82) is 0 Å². The van der Waals surface area contributed by atoms with E-state index in [-0.39, 0.29) is 24.7 Å². The smallest absolute Gasteiger partial charge is 0.411 e. The van der Waals surface area contributed by atoms with Crippen LogP contribution in [0.1, 0.15) is 26.2 Å². The van der Waals surface area contributed by atoms with Gasteiger partial charge in [-0.1, -0.05) is 6.92 Å². The Morgan fingerprint density at radius 3 is 2.72 bits per heavy atom. The molecule has 0 radical (unpaired) electrons. The highest BCUT2D eigenvalue weighted by Crippen LogP contribution is 2.50. The standard InChI is InChI=1S/C11H14F3N3O/c1-2-7-18-8-3-6-15-9(16-8)17-10(4-5-10)11(12,13)14/h3,6H,2,4-5,7H2,1H3,(H,15,16,17). The van der Waals surface area contributed by atoms with Crippen LogP contribution in [0.25, 0.3) is 0 Å². The second-order valence-electron chi connectivity index (χ2n) is 4.27. The number of nitrogens with one attached hydrogen (secondary N) is 1. The number of aromatic nitrogens is 2. The average Bonchev–Trinajstić information content (AvgIpc) is 3.07. The molecule has 0 amide bonds. The minimum absolute atomic E-state index is 0.0431. The summed E-state index contributed by atoms with van der Waals surface area (Å²) in [6.45, 7) is 2.41. The Morgan fingerprint density at radius 1 is 1.44 bits per heavy atom. The third kappa shape index (κ3) is 2.65. The molecular formula is C11H14F3N3O. The van der Waals surface area contributed by atoms with E-state index in [1.165, 1.54) is 12.3 Å². The highest BCUT2D eigenvalue weighted by Gasteiger charge is 2.64. The van der Waals surface area contributed by atoms with Crippen molar-refractivity contribution in [3.05, 3.63) is 12.3 Å². The first-order valence-electron chi connectivity index (χ1n) is 5.77. The highest BCUT2D eigenvalue weighted by atomic mass is 19.4. The lowest BCUT2D eigenvalue weighted by molar-refractivity contribution is -0.151. The molecule has 1 fully saturated rings. The van der Waals surface area contributed by atoms with Gasteiger partial charge in [-0.15, -0.1) is 0 Å². The summed E-state index contributed by atoms with van der Waals surface area (Å²) >= 11 is 0. The largest absolute Gasteiger partial charge is 0.478 e. The van der Waals surface area contributed by atoms with Crippen molar-refractivity contribution in [1.82, 2.24) is 9.97 Å². The summed E-state index contributed by atoms with van der Waals surface area (Å²) in [6.07, 6.45) is -1.98. The Bertz CT molecular complexity index is 418. The fourth-order valence-corrected chi connectivity index (χ4v) is 1.51. The van der Waals surface area contributed by atoms with E-state index < -0.39 is 11.7 Å². The van der Waals surface area contributed by atoms with Crippen molar-refractivity contribution in [2.45, 2.75) is 37.9 Å². The molecule has 1 aromatic rings. The van der Waals surface area contributed by atoms with Crippen LogP contribution < -0.4 is 10.1 Å². The first-order valence-corrected chi connectivity index (χ1v) is 5.77. The summed E-state index contributed by atoms with van der Waals surface area (Å²) in [4.78, 5) is 7.69. The van der Waals surface area contributed by atoms with Gasteiger partial charge >= 0.3 is 6.18 Å². The molecule has 18 heavy (non-hydrogen) atoms. The van der Waals surface area contributed by atoms with Gasteiger partial charge in [-0.2, -0.15) is 18.2 Å². The number of nitrogens with zero attached hydrogens (tertiary/aromatic N) is 2. The molecular weight excluding hydrogens is 247 g/mol. The van der Waals surface area contributed by atoms with E-state index in [9.17, 15) is 13.2 Å². The Labute approximate surface area is 103 Å². The molecule has 0 aromatic carbocycles. The molecule has 0 saturated heterocycles. The minimum atomic E-state index is -4.28. The van der Waals surface area contributed by atoms with E-state index in [1.807, 2.05) is 6.92 Å². The van der Waals surface area contributed by atoms with E-state index in [4.69, 9.17) is 4.74 Å². The zero-order valence-corrected chi connectivity index (χ0v) is 9.92. The van der Waals surface area contributed by atoms with Gasteiger partial charge in [0.2, 0.25) is 11.8 Å². The van der Waals surface area contributed by atoms with Crippen molar-refractivity contribution < 1.29 is 17.9 Å². The van der Waals surface area contributed by atoms with Crippen molar-refractivity contribution in [2.75, 3.05) is 11.9 Å². The fourth-order valence-electron chi connectivity index (χ4n) is 1.51. The van der Waals surface area contributed by atoms with E-state index >= 15 is 0 Å².